The molecule has 0 bridgehead atoms. The van der Waals surface area contributed by atoms with Crippen LogP contribution in [0, 0.1) is 0 Å². The van der Waals surface area contributed by atoms with Gasteiger partial charge in [-0.25, -0.2) is 0 Å². The van der Waals surface area contributed by atoms with E-state index in [4.69, 9.17) is 4.42 Å². The molecule has 1 aliphatic carbocycles. The van der Waals surface area contributed by atoms with Crippen molar-refractivity contribution in [3.05, 3.63) is 163 Å². The second kappa shape index (κ2) is 9.70. The van der Waals surface area contributed by atoms with Gasteiger partial charge in [0.25, 0.3) is 0 Å². The molecule has 0 fully saturated rings. The zero-order valence-electron chi connectivity index (χ0n) is 25.3. The maximum Gasteiger partial charge on any atom is 0.140 e. The van der Waals surface area contributed by atoms with Crippen LogP contribution in [0.2, 0.25) is 0 Å². The van der Waals surface area contributed by atoms with Crippen LogP contribution in [0.1, 0.15) is 25.0 Å². The van der Waals surface area contributed by atoms with Gasteiger partial charge < -0.3 is 9.32 Å². The van der Waals surface area contributed by atoms with Gasteiger partial charge in [0.1, 0.15) is 11.3 Å². The van der Waals surface area contributed by atoms with Gasteiger partial charge in [0.2, 0.25) is 0 Å². The third-order valence-electron chi connectivity index (χ3n) is 9.60. The summed E-state index contributed by atoms with van der Waals surface area (Å²) in [6.45, 7) is 4.63. The number of furan rings is 1. The zero-order chi connectivity index (χ0) is 30.1. The highest BCUT2D eigenvalue weighted by Gasteiger charge is 2.41. The van der Waals surface area contributed by atoms with Crippen LogP contribution in [0.5, 0.6) is 0 Å². The molecule has 1 aromatic heterocycles. The molecule has 2 nitrogen and oxygen atoms in total. The van der Waals surface area contributed by atoms with Crippen LogP contribution in [0.15, 0.2) is 156 Å². The van der Waals surface area contributed by atoms with E-state index in [1.165, 1.54) is 54.7 Å². The number of hydrogen-bond acceptors (Lipinski definition) is 2. The van der Waals surface area contributed by atoms with Crippen molar-refractivity contribution < 1.29 is 4.42 Å². The molecule has 0 saturated carbocycles. The van der Waals surface area contributed by atoms with E-state index < -0.39 is 0 Å². The fourth-order valence-corrected chi connectivity index (χ4v) is 7.40. The van der Waals surface area contributed by atoms with E-state index in [0.717, 1.165) is 28.4 Å². The second-order valence-electron chi connectivity index (χ2n) is 12.6. The van der Waals surface area contributed by atoms with E-state index in [-0.39, 0.29) is 5.41 Å². The van der Waals surface area contributed by atoms with Gasteiger partial charge in [-0.15, -0.1) is 0 Å². The molecule has 1 aliphatic rings. The molecule has 0 spiro atoms. The van der Waals surface area contributed by atoms with Crippen molar-refractivity contribution in [2.24, 2.45) is 0 Å². The average molecular weight is 578 g/mol. The van der Waals surface area contributed by atoms with E-state index in [9.17, 15) is 0 Å². The lowest BCUT2D eigenvalue weighted by atomic mass is 9.81. The predicted molar refractivity (Wildman–Crippen MR) is 189 cm³/mol. The summed E-state index contributed by atoms with van der Waals surface area (Å²) in [4.78, 5) is 2.36. The fraction of sp³-hybridized carbons (Fsp3) is 0.0698. The topological polar surface area (TPSA) is 16.4 Å². The summed E-state index contributed by atoms with van der Waals surface area (Å²) >= 11 is 0. The fourth-order valence-electron chi connectivity index (χ4n) is 7.40. The van der Waals surface area contributed by atoms with Gasteiger partial charge in [0.05, 0.1) is 0 Å². The van der Waals surface area contributed by atoms with Crippen molar-refractivity contribution in [2.75, 3.05) is 4.90 Å². The summed E-state index contributed by atoms with van der Waals surface area (Å²) in [6, 6.07) is 54.7. The highest BCUT2D eigenvalue weighted by Crippen LogP contribution is 2.55. The summed E-state index contributed by atoms with van der Waals surface area (Å²) < 4.78 is 6.57. The summed E-state index contributed by atoms with van der Waals surface area (Å²) in [6.07, 6.45) is 0. The number of nitrogens with zero attached hydrogens (tertiary/aromatic N) is 1. The summed E-state index contributed by atoms with van der Waals surface area (Å²) in [5, 5.41) is 6.13. The van der Waals surface area contributed by atoms with Crippen molar-refractivity contribution in [1.29, 1.82) is 0 Å². The molecule has 214 valence electrons. The molecule has 0 aliphatic heterocycles. The van der Waals surface area contributed by atoms with Crippen LogP contribution in [0.25, 0.3) is 55.0 Å². The molecule has 2 heteroatoms. The smallest absolute Gasteiger partial charge is 0.140 e. The molecule has 0 amide bonds. The molecule has 0 unspecified atom stereocenters. The minimum atomic E-state index is -0.143. The first-order valence-electron chi connectivity index (χ1n) is 15.6. The SMILES string of the molecule is CC1(C)c2cccc(-c3ccc(N(c4ccc5ccccc5c4)c4ccc5ccccc5c4)cc3)c2-c2oc3ccccc3c21. The van der Waals surface area contributed by atoms with Crippen LogP contribution in [-0.2, 0) is 5.41 Å². The molecule has 0 saturated heterocycles. The number of benzene rings is 7. The van der Waals surface area contributed by atoms with Gasteiger partial charge in [-0.2, -0.15) is 0 Å². The van der Waals surface area contributed by atoms with E-state index in [1.807, 2.05) is 0 Å². The van der Waals surface area contributed by atoms with Crippen molar-refractivity contribution in [3.8, 4) is 22.5 Å². The number of hydrogen-bond donors (Lipinski definition) is 0. The molecule has 0 radical (unpaired) electrons. The Bertz CT molecular complexity index is 2330. The normalized spacial score (nSPS) is 13.3. The second-order valence-corrected chi connectivity index (χ2v) is 12.6. The van der Waals surface area contributed by atoms with Gasteiger partial charge in [-0.3, -0.25) is 0 Å². The van der Waals surface area contributed by atoms with Gasteiger partial charge in [0, 0.05) is 39.0 Å². The Morgan fingerprint density at radius 1 is 0.511 bits per heavy atom. The van der Waals surface area contributed by atoms with Crippen molar-refractivity contribution in [2.45, 2.75) is 19.3 Å². The monoisotopic (exact) mass is 577 g/mol. The minimum absolute atomic E-state index is 0.143. The number of anilines is 3. The van der Waals surface area contributed by atoms with Gasteiger partial charge in [-0.1, -0.05) is 123 Å². The molecule has 0 atom stereocenters. The summed E-state index contributed by atoms with van der Waals surface area (Å²) in [5.41, 5.74) is 10.4. The van der Waals surface area contributed by atoms with E-state index in [1.54, 1.807) is 0 Å². The Morgan fingerprint density at radius 3 is 1.76 bits per heavy atom. The van der Waals surface area contributed by atoms with Crippen LogP contribution < -0.4 is 4.90 Å². The zero-order valence-corrected chi connectivity index (χ0v) is 25.3. The lowest BCUT2D eigenvalue weighted by Crippen LogP contribution is -2.14. The van der Waals surface area contributed by atoms with Crippen molar-refractivity contribution >= 4 is 49.6 Å². The molecule has 1 heterocycles. The molecule has 7 aromatic carbocycles. The molecular formula is C43H31NO. The largest absolute Gasteiger partial charge is 0.456 e. The first kappa shape index (κ1) is 25.9. The Kier molecular flexibility index (Phi) is 5.58. The highest BCUT2D eigenvalue weighted by molar-refractivity contribution is 5.99. The summed E-state index contributed by atoms with van der Waals surface area (Å²) in [5.74, 6) is 1.00. The van der Waals surface area contributed by atoms with E-state index in [2.05, 4.69) is 170 Å². The molecule has 8 aromatic rings. The number of rotatable bonds is 4. The van der Waals surface area contributed by atoms with Gasteiger partial charge in [0.15, 0.2) is 0 Å². The minimum Gasteiger partial charge on any atom is -0.456 e. The highest BCUT2D eigenvalue weighted by atomic mass is 16.3. The first-order chi connectivity index (χ1) is 22.1. The third kappa shape index (κ3) is 3.96. The Hall–Kier alpha value is -5.60. The molecule has 45 heavy (non-hydrogen) atoms. The number of fused-ring (bicyclic) bond motifs is 7. The van der Waals surface area contributed by atoms with Crippen LogP contribution in [-0.4, -0.2) is 0 Å². The molecule has 9 rings (SSSR count). The standard InChI is InChI=1S/C43H31NO/c1-43(2)38-16-9-15-36(40(38)42-41(43)37-14-7-8-17-39(37)45-42)30-20-22-33(23-21-30)44(34-24-18-28-10-3-5-12-31(28)26-34)35-25-19-29-11-4-6-13-32(29)27-35/h3-27H,1-2H3. The lowest BCUT2D eigenvalue weighted by Gasteiger charge is -2.26. The molecule has 0 N–H and O–H groups in total. The first-order valence-corrected chi connectivity index (χ1v) is 15.6. The van der Waals surface area contributed by atoms with Gasteiger partial charge in [-0.05, 0) is 80.7 Å². The van der Waals surface area contributed by atoms with Crippen LogP contribution in [0.4, 0.5) is 17.1 Å². The van der Waals surface area contributed by atoms with E-state index >= 15 is 0 Å². The van der Waals surface area contributed by atoms with Crippen LogP contribution in [0.3, 0.4) is 0 Å². The predicted octanol–water partition coefficient (Wildman–Crippen LogP) is 12.2. The number of para-hydroxylation sites is 1. The maximum absolute atomic E-state index is 6.57. The Labute approximate surface area is 262 Å². The lowest BCUT2D eigenvalue weighted by molar-refractivity contribution is 0.619. The third-order valence-corrected chi connectivity index (χ3v) is 9.60. The van der Waals surface area contributed by atoms with Crippen molar-refractivity contribution in [1.82, 2.24) is 0 Å². The Balaban J connectivity index is 1.19. The Morgan fingerprint density at radius 2 is 1.09 bits per heavy atom. The van der Waals surface area contributed by atoms with Gasteiger partial charge >= 0.3 is 0 Å². The average Bonchev–Trinajstić information content (AvgIpc) is 3.58. The van der Waals surface area contributed by atoms with Crippen LogP contribution >= 0.6 is 0 Å². The van der Waals surface area contributed by atoms with E-state index in [0.29, 0.717) is 0 Å². The van der Waals surface area contributed by atoms with Crippen molar-refractivity contribution in [3.63, 3.8) is 0 Å². The maximum atomic E-state index is 6.57. The summed E-state index contributed by atoms with van der Waals surface area (Å²) in [7, 11) is 0. The quantitative estimate of drug-likeness (QED) is 0.207. The molecular weight excluding hydrogens is 546 g/mol.